The highest BCUT2D eigenvalue weighted by molar-refractivity contribution is 5.93. The molecular weight excluding hydrogens is 445 g/mol. The molecule has 1 saturated heterocycles. The number of benzene rings is 1. The molecule has 0 radical (unpaired) electrons. The van der Waals surface area contributed by atoms with E-state index in [0.29, 0.717) is 46.9 Å². The van der Waals surface area contributed by atoms with Gasteiger partial charge in [-0.15, -0.1) is 0 Å². The normalized spacial score (nSPS) is 20.6. The monoisotopic (exact) mass is 475 g/mol. The minimum Gasteiger partial charge on any atom is -0.484 e. The maximum absolute atomic E-state index is 14.4. The van der Waals surface area contributed by atoms with Gasteiger partial charge < -0.3 is 14.2 Å². The highest BCUT2D eigenvalue weighted by Crippen LogP contribution is 2.41. The van der Waals surface area contributed by atoms with Gasteiger partial charge in [-0.25, -0.2) is 9.37 Å². The standard InChI is InChI=1S/C27H30FN5O2/c1-5-19-13-33-20(14-32(19)22(6-2)17-8-7-16(3)21(28)11-17)15-35-26-25(33)24-23(31(4)27(26)34)10-9-18(12-29)30-24/h7-11,19-20,22H,5-6,13-15H2,1-4H3/t19-,20+,22+/m1/s1. The fraction of sp³-hybridized carbons (Fsp3) is 0.444. The Hall–Kier alpha value is -3.44. The van der Waals surface area contributed by atoms with Crippen molar-refractivity contribution in [3.63, 3.8) is 0 Å². The topological polar surface area (TPSA) is 74.4 Å². The van der Waals surface area contributed by atoms with Gasteiger partial charge in [-0.05, 0) is 49.1 Å². The summed E-state index contributed by atoms with van der Waals surface area (Å²) >= 11 is 0. The van der Waals surface area contributed by atoms with E-state index in [9.17, 15) is 14.4 Å². The highest BCUT2D eigenvalue weighted by atomic mass is 19.1. The molecule has 4 heterocycles. The summed E-state index contributed by atoms with van der Waals surface area (Å²) in [5.74, 6) is 0.124. The molecule has 35 heavy (non-hydrogen) atoms. The van der Waals surface area contributed by atoms with Gasteiger partial charge in [0.05, 0.1) is 11.6 Å². The predicted molar refractivity (Wildman–Crippen MR) is 133 cm³/mol. The zero-order valence-electron chi connectivity index (χ0n) is 20.6. The fourth-order valence-electron chi connectivity index (χ4n) is 5.62. The Bertz CT molecular complexity index is 1400. The Kier molecular flexibility index (Phi) is 5.97. The van der Waals surface area contributed by atoms with Crippen molar-refractivity contribution in [2.75, 3.05) is 24.6 Å². The molecule has 3 atom stereocenters. The molecule has 7 nitrogen and oxygen atoms in total. The van der Waals surface area contributed by atoms with E-state index in [2.05, 4.69) is 34.7 Å². The number of ether oxygens (including phenoxy) is 1. The third-order valence-electron chi connectivity index (χ3n) is 7.57. The largest absolute Gasteiger partial charge is 0.484 e. The number of hydrogen-bond acceptors (Lipinski definition) is 6. The second-order valence-electron chi connectivity index (χ2n) is 9.53. The van der Waals surface area contributed by atoms with Crippen LogP contribution in [0.25, 0.3) is 11.0 Å². The minimum atomic E-state index is -0.200. The highest BCUT2D eigenvalue weighted by Gasteiger charge is 2.42. The van der Waals surface area contributed by atoms with Crippen LogP contribution in [0.3, 0.4) is 0 Å². The molecule has 0 aliphatic carbocycles. The first-order chi connectivity index (χ1) is 16.9. The molecule has 2 aliphatic rings. The molecule has 182 valence electrons. The van der Waals surface area contributed by atoms with Crippen LogP contribution in [-0.2, 0) is 7.05 Å². The van der Waals surface area contributed by atoms with Crippen molar-refractivity contribution < 1.29 is 9.13 Å². The summed E-state index contributed by atoms with van der Waals surface area (Å²) in [4.78, 5) is 22.5. The summed E-state index contributed by atoms with van der Waals surface area (Å²) in [6.07, 6.45) is 1.77. The van der Waals surface area contributed by atoms with Crippen molar-refractivity contribution >= 4 is 16.7 Å². The number of rotatable bonds is 4. The van der Waals surface area contributed by atoms with Crippen molar-refractivity contribution in [2.45, 2.75) is 51.7 Å². The second kappa shape index (κ2) is 8.97. The van der Waals surface area contributed by atoms with E-state index in [1.807, 2.05) is 12.1 Å². The van der Waals surface area contributed by atoms with E-state index >= 15 is 0 Å². The average Bonchev–Trinajstić information content (AvgIpc) is 2.88. The van der Waals surface area contributed by atoms with Crippen molar-refractivity contribution in [1.82, 2.24) is 14.5 Å². The van der Waals surface area contributed by atoms with E-state index in [1.54, 1.807) is 32.2 Å². The summed E-state index contributed by atoms with van der Waals surface area (Å²) in [6.45, 7) is 7.89. The van der Waals surface area contributed by atoms with Crippen LogP contribution < -0.4 is 15.2 Å². The maximum Gasteiger partial charge on any atom is 0.295 e. The Morgan fingerprint density at radius 3 is 2.74 bits per heavy atom. The van der Waals surface area contributed by atoms with Crippen LogP contribution >= 0.6 is 0 Å². The van der Waals surface area contributed by atoms with Crippen molar-refractivity contribution in [3.05, 3.63) is 63.3 Å². The number of halogens is 1. The molecule has 0 unspecified atom stereocenters. The van der Waals surface area contributed by atoms with Gasteiger partial charge in [0.25, 0.3) is 5.56 Å². The van der Waals surface area contributed by atoms with Gasteiger partial charge in [0.15, 0.2) is 0 Å². The molecule has 3 aromatic rings. The Morgan fingerprint density at radius 1 is 1.26 bits per heavy atom. The van der Waals surface area contributed by atoms with E-state index in [0.717, 1.165) is 24.9 Å². The molecule has 8 heteroatoms. The van der Waals surface area contributed by atoms with Crippen molar-refractivity contribution in [1.29, 1.82) is 5.26 Å². The van der Waals surface area contributed by atoms with Crippen LogP contribution in [0.2, 0.25) is 0 Å². The quantitative estimate of drug-likeness (QED) is 0.567. The number of hydrogen-bond donors (Lipinski definition) is 0. The maximum atomic E-state index is 14.4. The van der Waals surface area contributed by atoms with Gasteiger partial charge in [0.1, 0.15) is 35.4 Å². The Morgan fingerprint density at radius 2 is 2.06 bits per heavy atom. The van der Waals surface area contributed by atoms with Crippen molar-refractivity contribution in [2.24, 2.45) is 7.05 Å². The number of nitriles is 1. The second-order valence-corrected chi connectivity index (χ2v) is 9.53. The minimum absolute atomic E-state index is 0.0116. The van der Waals surface area contributed by atoms with E-state index in [4.69, 9.17) is 4.74 Å². The first kappa shape index (κ1) is 23.3. The van der Waals surface area contributed by atoms with E-state index < -0.39 is 0 Å². The number of aromatic nitrogens is 2. The lowest BCUT2D eigenvalue weighted by molar-refractivity contribution is 0.0718. The third kappa shape index (κ3) is 3.75. The molecule has 1 aromatic carbocycles. The van der Waals surface area contributed by atoms with Crippen LogP contribution in [0.5, 0.6) is 5.75 Å². The molecule has 0 spiro atoms. The lowest BCUT2D eigenvalue weighted by atomic mass is 9.94. The average molecular weight is 476 g/mol. The molecule has 0 amide bonds. The lowest BCUT2D eigenvalue weighted by Crippen LogP contribution is -2.62. The van der Waals surface area contributed by atoms with E-state index in [1.165, 1.54) is 4.57 Å². The molecular formula is C27H30FN5O2. The third-order valence-corrected chi connectivity index (χ3v) is 7.57. The molecule has 0 saturated carbocycles. The Labute approximate surface area is 204 Å². The number of piperazine rings is 1. The number of anilines is 1. The predicted octanol–water partition coefficient (Wildman–Crippen LogP) is 4.07. The van der Waals surface area contributed by atoms with Gasteiger partial charge in [-0.1, -0.05) is 26.0 Å². The van der Waals surface area contributed by atoms with Crippen LogP contribution in [0.15, 0.2) is 35.1 Å². The number of nitrogens with zero attached hydrogens (tertiary/aromatic N) is 5. The fourth-order valence-corrected chi connectivity index (χ4v) is 5.62. The number of fused-ring (bicyclic) bond motifs is 5. The van der Waals surface area contributed by atoms with Gasteiger partial charge in [0.2, 0.25) is 5.75 Å². The molecule has 0 bridgehead atoms. The summed E-state index contributed by atoms with van der Waals surface area (Å²) in [5, 5.41) is 9.45. The molecule has 1 fully saturated rings. The van der Waals surface area contributed by atoms with Gasteiger partial charge >= 0.3 is 0 Å². The summed E-state index contributed by atoms with van der Waals surface area (Å²) in [6, 6.07) is 11.4. The zero-order chi connectivity index (χ0) is 24.9. The molecule has 2 aliphatic heterocycles. The van der Waals surface area contributed by atoms with Crippen LogP contribution in [0.4, 0.5) is 10.1 Å². The SMILES string of the molecule is CC[C@@H]1CN2c3c(c(=O)n(C)c4ccc(C#N)nc34)OC[C@@H]2CN1[C@@H](CC)c1ccc(C)c(F)c1. The van der Waals surface area contributed by atoms with E-state index in [-0.39, 0.29) is 29.5 Å². The smallest absolute Gasteiger partial charge is 0.295 e. The zero-order valence-corrected chi connectivity index (χ0v) is 20.6. The van der Waals surface area contributed by atoms with Crippen LogP contribution in [-0.4, -0.2) is 46.2 Å². The summed E-state index contributed by atoms with van der Waals surface area (Å²) < 4.78 is 22.0. The molecule has 0 N–H and O–H groups in total. The summed E-state index contributed by atoms with van der Waals surface area (Å²) in [7, 11) is 1.70. The van der Waals surface area contributed by atoms with Crippen molar-refractivity contribution in [3.8, 4) is 11.8 Å². The summed E-state index contributed by atoms with van der Waals surface area (Å²) in [5.41, 5.74) is 3.71. The van der Waals surface area contributed by atoms with Gasteiger partial charge in [-0.3, -0.25) is 9.69 Å². The van der Waals surface area contributed by atoms with Gasteiger partial charge in [-0.2, -0.15) is 5.26 Å². The number of aryl methyl sites for hydroxylation is 2. The Balaban J connectivity index is 1.58. The van der Waals surface area contributed by atoms with Crippen LogP contribution in [0.1, 0.15) is 49.6 Å². The number of pyridine rings is 2. The molecule has 5 rings (SSSR count). The first-order valence-electron chi connectivity index (χ1n) is 12.2. The lowest BCUT2D eigenvalue weighted by Gasteiger charge is -2.51. The van der Waals surface area contributed by atoms with Crippen LogP contribution in [0, 0.1) is 24.1 Å². The molecule has 2 aromatic heterocycles. The van der Waals surface area contributed by atoms with Gasteiger partial charge in [0, 0.05) is 32.2 Å². The first-order valence-corrected chi connectivity index (χ1v) is 12.2.